The molecule has 3 aromatic rings. The first-order valence-corrected chi connectivity index (χ1v) is 5.63. The van der Waals surface area contributed by atoms with Gasteiger partial charge in [-0.05, 0) is 18.2 Å². The number of aromatic nitrogens is 3. The van der Waals surface area contributed by atoms with E-state index in [2.05, 4.69) is 27.1 Å². The van der Waals surface area contributed by atoms with E-state index in [1.54, 1.807) is 18.5 Å². The maximum absolute atomic E-state index is 4.25. The third-order valence-electron chi connectivity index (χ3n) is 2.21. The summed E-state index contributed by atoms with van der Waals surface area (Å²) in [6.45, 7) is 0. The van der Waals surface area contributed by atoms with Crippen molar-refractivity contribution in [3.63, 3.8) is 0 Å². The molecular weight excluding hydrogens is 222 g/mol. The highest BCUT2D eigenvalue weighted by molar-refractivity contribution is 5.58. The number of benzene rings is 1. The van der Waals surface area contributed by atoms with Crippen LogP contribution < -0.4 is 0 Å². The SMILES string of the molecule is c1ccc(-c2ccccn2)cc1.c1cncnc1. The van der Waals surface area contributed by atoms with Gasteiger partial charge in [-0.1, -0.05) is 36.4 Å². The molecule has 0 aliphatic rings. The van der Waals surface area contributed by atoms with E-state index in [9.17, 15) is 0 Å². The van der Waals surface area contributed by atoms with Crippen molar-refractivity contribution in [1.29, 1.82) is 0 Å². The van der Waals surface area contributed by atoms with E-state index in [-0.39, 0.29) is 0 Å². The van der Waals surface area contributed by atoms with E-state index in [1.165, 1.54) is 6.33 Å². The van der Waals surface area contributed by atoms with Crippen molar-refractivity contribution >= 4 is 0 Å². The van der Waals surface area contributed by atoms with Gasteiger partial charge in [-0.3, -0.25) is 4.98 Å². The van der Waals surface area contributed by atoms with Gasteiger partial charge in [0.15, 0.2) is 0 Å². The predicted octanol–water partition coefficient (Wildman–Crippen LogP) is 3.23. The van der Waals surface area contributed by atoms with Crippen LogP contribution in [0.4, 0.5) is 0 Å². The molecule has 1 aromatic carbocycles. The first-order chi connectivity index (χ1) is 8.97. The summed E-state index contributed by atoms with van der Waals surface area (Å²) in [6.07, 6.45) is 6.68. The topological polar surface area (TPSA) is 38.7 Å². The molecular formula is C15H13N3. The number of hydrogen-bond acceptors (Lipinski definition) is 3. The van der Waals surface area contributed by atoms with Gasteiger partial charge in [0.1, 0.15) is 6.33 Å². The fourth-order valence-electron chi connectivity index (χ4n) is 1.40. The molecule has 0 unspecified atom stereocenters. The Kier molecular flexibility index (Phi) is 4.58. The molecule has 0 aliphatic carbocycles. The molecule has 0 fully saturated rings. The van der Waals surface area contributed by atoms with Gasteiger partial charge in [0.05, 0.1) is 5.69 Å². The average molecular weight is 235 g/mol. The highest BCUT2D eigenvalue weighted by atomic mass is 14.8. The summed E-state index contributed by atoms with van der Waals surface area (Å²) < 4.78 is 0. The quantitative estimate of drug-likeness (QED) is 0.650. The molecule has 0 bridgehead atoms. The lowest BCUT2D eigenvalue weighted by Gasteiger charge is -1.97. The van der Waals surface area contributed by atoms with E-state index >= 15 is 0 Å². The summed E-state index contributed by atoms with van der Waals surface area (Å²) in [5, 5.41) is 0. The van der Waals surface area contributed by atoms with E-state index in [0.717, 1.165) is 11.3 Å². The van der Waals surface area contributed by atoms with Gasteiger partial charge < -0.3 is 0 Å². The number of nitrogens with zero attached hydrogens (tertiary/aromatic N) is 3. The minimum absolute atomic E-state index is 1.03. The number of pyridine rings is 1. The standard InChI is InChI=1S/C11H9N.C4H4N2/c1-2-6-10(7-3-1)11-8-4-5-9-12-11;1-2-5-4-6-3-1/h1-9H;1-4H. The Morgan fingerprint density at radius 1 is 0.611 bits per heavy atom. The van der Waals surface area contributed by atoms with Crippen molar-refractivity contribution in [2.24, 2.45) is 0 Å². The largest absolute Gasteiger partial charge is 0.256 e. The minimum atomic E-state index is 1.03. The summed E-state index contributed by atoms with van der Waals surface area (Å²) in [7, 11) is 0. The smallest absolute Gasteiger partial charge is 0.115 e. The lowest BCUT2D eigenvalue weighted by molar-refractivity contribution is 1.17. The van der Waals surface area contributed by atoms with E-state index < -0.39 is 0 Å². The third kappa shape index (κ3) is 3.79. The lowest BCUT2D eigenvalue weighted by atomic mass is 10.1. The van der Waals surface area contributed by atoms with Crippen molar-refractivity contribution in [1.82, 2.24) is 15.0 Å². The normalized spacial score (nSPS) is 9.11. The Balaban J connectivity index is 0.000000169. The summed E-state index contributed by atoms with van der Waals surface area (Å²) in [4.78, 5) is 11.6. The Labute approximate surface area is 106 Å². The molecule has 0 N–H and O–H groups in total. The predicted molar refractivity (Wildman–Crippen MR) is 71.7 cm³/mol. The highest BCUT2D eigenvalue weighted by Crippen LogP contribution is 2.14. The van der Waals surface area contributed by atoms with Crippen molar-refractivity contribution in [3.05, 3.63) is 79.5 Å². The van der Waals surface area contributed by atoms with Crippen LogP contribution >= 0.6 is 0 Å². The zero-order valence-electron chi connectivity index (χ0n) is 9.85. The van der Waals surface area contributed by atoms with Crippen LogP contribution in [0.3, 0.4) is 0 Å². The van der Waals surface area contributed by atoms with E-state index in [0.29, 0.717) is 0 Å². The maximum Gasteiger partial charge on any atom is 0.115 e. The molecule has 2 heterocycles. The molecule has 18 heavy (non-hydrogen) atoms. The lowest BCUT2D eigenvalue weighted by Crippen LogP contribution is -1.79. The molecule has 3 heteroatoms. The van der Waals surface area contributed by atoms with Gasteiger partial charge in [-0.2, -0.15) is 0 Å². The molecule has 0 saturated heterocycles. The van der Waals surface area contributed by atoms with Crippen LogP contribution in [0.2, 0.25) is 0 Å². The van der Waals surface area contributed by atoms with Gasteiger partial charge >= 0.3 is 0 Å². The third-order valence-corrected chi connectivity index (χ3v) is 2.21. The van der Waals surface area contributed by atoms with Gasteiger partial charge in [-0.25, -0.2) is 9.97 Å². The fourth-order valence-corrected chi connectivity index (χ4v) is 1.40. The van der Waals surface area contributed by atoms with Crippen LogP contribution in [0.25, 0.3) is 11.3 Å². The van der Waals surface area contributed by atoms with Crippen LogP contribution in [0.5, 0.6) is 0 Å². The first kappa shape index (κ1) is 11.9. The second kappa shape index (κ2) is 6.91. The Hall–Kier alpha value is -2.55. The molecule has 3 rings (SSSR count). The van der Waals surface area contributed by atoms with Crippen LogP contribution in [-0.2, 0) is 0 Å². The van der Waals surface area contributed by atoms with Crippen LogP contribution in [0.1, 0.15) is 0 Å². The molecule has 0 spiro atoms. The Bertz CT molecular complexity index is 474. The fraction of sp³-hybridized carbons (Fsp3) is 0. The van der Waals surface area contributed by atoms with Crippen molar-refractivity contribution in [2.75, 3.05) is 0 Å². The van der Waals surface area contributed by atoms with Gasteiger partial charge in [-0.15, -0.1) is 0 Å². The zero-order valence-corrected chi connectivity index (χ0v) is 9.85. The zero-order chi connectivity index (χ0) is 12.5. The minimum Gasteiger partial charge on any atom is -0.256 e. The summed E-state index contributed by atoms with van der Waals surface area (Å²) >= 11 is 0. The molecule has 3 nitrogen and oxygen atoms in total. The van der Waals surface area contributed by atoms with Crippen molar-refractivity contribution in [3.8, 4) is 11.3 Å². The van der Waals surface area contributed by atoms with Crippen LogP contribution in [-0.4, -0.2) is 15.0 Å². The second-order valence-electron chi connectivity index (χ2n) is 3.49. The van der Waals surface area contributed by atoms with Crippen LogP contribution in [0, 0.1) is 0 Å². The Morgan fingerprint density at radius 3 is 1.83 bits per heavy atom. The number of rotatable bonds is 1. The Morgan fingerprint density at radius 2 is 1.33 bits per heavy atom. The van der Waals surface area contributed by atoms with Gasteiger partial charge in [0, 0.05) is 24.2 Å². The van der Waals surface area contributed by atoms with Crippen molar-refractivity contribution in [2.45, 2.75) is 0 Å². The molecule has 2 aromatic heterocycles. The summed E-state index contributed by atoms with van der Waals surface area (Å²) in [6, 6.07) is 17.9. The summed E-state index contributed by atoms with van der Waals surface area (Å²) in [5.74, 6) is 0. The summed E-state index contributed by atoms with van der Waals surface area (Å²) in [5.41, 5.74) is 2.19. The second-order valence-corrected chi connectivity index (χ2v) is 3.49. The molecule has 0 saturated carbocycles. The number of hydrogen-bond donors (Lipinski definition) is 0. The average Bonchev–Trinajstić information content (AvgIpc) is 2.51. The molecule has 0 amide bonds. The molecule has 0 radical (unpaired) electrons. The molecule has 0 aliphatic heterocycles. The van der Waals surface area contributed by atoms with Gasteiger partial charge in [0.2, 0.25) is 0 Å². The van der Waals surface area contributed by atoms with E-state index in [4.69, 9.17) is 0 Å². The van der Waals surface area contributed by atoms with Crippen molar-refractivity contribution < 1.29 is 0 Å². The molecule has 0 atom stereocenters. The van der Waals surface area contributed by atoms with E-state index in [1.807, 2.05) is 42.6 Å². The first-order valence-electron chi connectivity index (χ1n) is 5.63. The maximum atomic E-state index is 4.25. The van der Waals surface area contributed by atoms with Crippen LogP contribution in [0.15, 0.2) is 79.5 Å². The monoisotopic (exact) mass is 235 g/mol. The molecule has 88 valence electrons. The van der Waals surface area contributed by atoms with Gasteiger partial charge in [0.25, 0.3) is 0 Å². The highest BCUT2D eigenvalue weighted by Gasteiger charge is 1.93.